The second kappa shape index (κ2) is 6.23. The topological polar surface area (TPSA) is 30.3 Å². The Balaban J connectivity index is 1.97. The van der Waals surface area contributed by atoms with Crippen LogP contribution in [0.4, 0.5) is 5.69 Å². The molecule has 94 valence electrons. The summed E-state index contributed by atoms with van der Waals surface area (Å²) in [6.07, 6.45) is 4.36. The van der Waals surface area contributed by atoms with E-state index >= 15 is 0 Å². The number of hydrogen-bond acceptors (Lipinski definition) is 3. The Hall–Kier alpha value is -1.79. The summed E-state index contributed by atoms with van der Waals surface area (Å²) in [6, 6.07) is 10.7. The van der Waals surface area contributed by atoms with E-state index in [9.17, 15) is 0 Å². The van der Waals surface area contributed by atoms with Gasteiger partial charge in [-0.25, -0.2) is 0 Å². The first-order valence-corrected chi connectivity index (χ1v) is 6.36. The first kappa shape index (κ1) is 12.7. The van der Waals surface area contributed by atoms with E-state index in [1.165, 1.54) is 5.69 Å². The highest BCUT2D eigenvalue weighted by atomic mass is 15.2. The van der Waals surface area contributed by atoms with Crippen LogP contribution in [0.15, 0.2) is 30.3 Å². The molecule has 0 N–H and O–H groups in total. The van der Waals surface area contributed by atoms with Gasteiger partial charge in [-0.2, -0.15) is 5.26 Å². The molecule has 0 atom stereocenters. The summed E-state index contributed by atoms with van der Waals surface area (Å²) in [5.74, 6) is 0. The SMILES string of the molecule is CN1CCN(c2ccc(C=CCC#N)cc2)CC1. The first-order valence-electron chi connectivity index (χ1n) is 6.36. The Morgan fingerprint density at radius 2 is 1.83 bits per heavy atom. The standard InChI is InChI=1S/C15H19N3/c1-17-10-12-18(13-11-17)15-7-5-14(6-8-15)4-2-3-9-16/h2,4-8H,3,10-13H2,1H3. The molecule has 1 fully saturated rings. The van der Waals surface area contributed by atoms with Gasteiger partial charge in [0.05, 0.1) is 12.5 Å². The second-order valence-electron chi connectivity index (χ2n) is 4.65. The zero-order valence-electron chi connectivity index (χ0n) is 10.8. The highest BCUT2D eigenvalue weighted by Gasteiger charge is 2.13. The Bertz CT molecular complexity index is 434. The molecule has 0 bridgehead atoms. The number of allylic oxidation sites excluding steroid dienone is 1. The Morgan fingerprint density at radius 1 is 1.17 bits per heavy atom. The molecule has 3 nitrogen and oxygen atoms in total. The Morgan fingerprint density at radius 3 is 2.44 bits per heavy atom. The summed E-state index contributed by atoms with van der Waals surface area (Å²) >= 11 is 0. The van der Waals surface area contributed by atoms with Crippen molar-refractivity contribution >= 4 is 11.8 Å². The molecule has 1 aliphatic rings. The van der Waals surface area contributed by atoms with Crippen LogP contribution in [0.25, 0.3) is 6.08 Å². The van der Waals surface area contributed by atoms with E-state index in [4.69, 9.17) is 5.26 Å². The monoisotopic (exact) mass is 241 g/mol. The zero-order valence-corrected chi connectivity index (χ0v) is 10.8. The summed E-state index contributed by atoms with van der Waals surface area (Å²) in [5.41, 5.74) is 2.45. The van der Waals surface area contributed by atoms with Crippen molar-refractivity contribution in [2.24, 2.45) is 0 Å². The van der Waals surface area contributed by atoms with Gasteiger partial charge in [-0.1, -0.05) is 24.3 Å². The molecule has 0 amide bonds. The second-order valence-corrected chi connectivity index (χ2v) is 4.65. The molecule has 0 spiro atoms. The van der Waals surface area contributed by atoms with Gasteiger partial charge in [0, 0.05) is 31.9 Å². The van der Waals surface area contributed by atoms with Crippen molar-refractivity contribution in [3.8, 4) is 6.07 Å². The molecule has 0 aliphatic carbocycles. The lowest BCUT2D eigenvalue weighted by Crippen LogP contribution is -2.44. The van der Waals surface area contributed by atoms with Crippen molar-refractivity contribution in [2.75, 3.05) is 38.1 Å². The molecule has 1 aliphatic heterocycles. The molecular formula is C15H19N3. The van der Waals surface area contributed by atoms with E-state index in [0.29, 0.717) is 6.42 Å². The molecule has 0 saturated carbocycles. The van der Waals surface area contributed by atoms with Gasteiger partial charge in [-0.05, 0) is 24.7 Å². The van der Waals surface area contributed by atoms with Crippen LogP contribution in [0, 0.1) is 11.3 Å². The van der Waals surface area contributed by atoms with Crippen molar-refractivity contribution in [1.29, 1.82) is 5.26 Å². The quantitative estimate of drug-likeness (QED) is 0.814. The van der Waals surface area contributed by atoms with Gasteiger partial charge in [0.2, 0.25) is 0 Å². The molecular weight excluding hydrogens is 222 g/mol. The zero-order chi connectivity index (χ0) is 12.8. The lowest BCUT2D eigenvalue weighted by atomic mass is 10.1. The molecule has 1 aromatic carbocycles. The van der Waals surface area contributed by atoms with Crippen molar-refractivity contribution in [3.05, 3.63) is 35.9 Å². The van der Waals surface area contributed by atoms with Crippen molar-refractivity contribution in [1.82, 2.24) is 4.90 Å². The summed E-state index contributed by atoms with van der Waals surface area (Å²) < 4.78 is 0. The summed E-state index contributed by atoms with van der Waals surface area (Å²) in [5, 5.41) is 8.47. The lowest BCUT2D eigenvalue weighted by molar-refractivity contribution is 0.313. The molecule has 0 unspecified atom stereocenters. The van der Waals surface area contributed by atoms with Crippen LogP contribution in [0.2, 0.25) is 0 Å². The average Bonchev–Trinajstić information content (AvgIpc) is 2.41. The normalized spacial score (nSPS) is 17.0. The maximum absolute atomic E-state index is 8.47. The maximum atomic E-state index is 8.47. The van der Waals surface area contributed by atoms with E-state index in [-0.39, 0.29) is 0 Å². The maximum Gasteiger partial charge on any atom is 0.0663 e. The smallest absolute Gasteiger partial charge is 0.0663 e. The average molecular weight is 241 g/mol. The van der Waals surface area contributed by atoms with Crippen LogP contribution in [0.1, 0.15) is 12.0 Å². The third-order valence-corrected chi connectivity index (χ3v) is 3.28. The number of nitrogens with zero attached hydrogens (tertiary/aromatic N) is 3. The van der Waals surface area contributed by atoms with Crippen LogP contribution < -0.4 is 4.90 Å². The molecule has 1 aromatic rings. The number of hydrogen-bond donors (Lipinski definition) is 0. The van der Waals surface area contributed by atoms with Crippen LogP contribution in [0.5, 0.6) is 0 Å². The molecule has 18 heavy (non-hydrogen) atoms. The molecule has 2 rings (SSSR count). The van der Waals surface area contributed by atoms with Gasteiger partial charge in [0.15, 0.2) is 0 Å². The fourth-order valence-corrected chi connectivity index (χ4v) is 2.11. The van der Waals surface area contributed by atoms with Gasteiger partial charge < -0.3 is 9.80 Å². The van der Waals surface area contributed by atoms with E-state index in [1.807, 2.05) is 12.2 Å². The third-order valence-electron chi connectivity index (χ3n) is 3.28. The molecule has 3 heteroatoms. The summed E-state index contributed by atoms with van der Waals surface area (Å²) in [6.45, 7) is 4.45. The fourth-order valence-electron chi connectivity index (χ4n) is 2.11. The molecule has 0 radical (unpaired) electrons. The summed E-state index contributed by atoms with van der Waals surface area (Å²) in [7, 11) is 2.17. The Kier molecular flexibility index (Phi) is 4.38. The number of anilines is 1. The van der Waals surface area contributed by atoms with E-state index < -0.39 is 0 Å². The third kappa shape index (κ3) is 3.35. The lowest BCUT2D eigenvalue weighted by Gasteiger charge is -2.34. The van der Waals surface area contributed by atoms with Crippen molar-refractivity contribution in [3.63, 3.8) is 0 Å². The minimum absolute atomic E-state index is 0.472. The van der Waals surface area contributed by atoms with Gasteiger partial charge >= 0.3 is 0 Å². The van der Waals surface area contributed by atoms with Crippen molar-refractivity contribution < 1.29 is 0 Å². The van der Waals surface area contributed by atoms with Crippen LogP contribution >= 0.6 is 0 Å². The minimum atomic E-state index is 0.472. The van der Waals surface area contributed by atoms with E-state index in [2.05, 4.69) is 47.2 Å². The predicted molar refractivity (Wildman–Crippen MR) is 75.4 cm³/mol. The number of benzene rings is 1. The van der Waals surface area contributed by atoms with Crippen molar-refractivity contribution in [2.45, 2.75) is 6.42 Å². The molecule has 1 heterocycles. The van der Waals surface area contributed by atoms with E-state index in [0.717, 1.165) is 31.7 Å². The molecule has 1 saturated heterocycles. The number of piperazine rings is 1. The van der Waals surface area contributed by atoms with Gasteiger partial charge in [0.1, 0.15) is 0 Å². The summed E-state index contributed by atoms with van der Waals surface area (Å²) in [4.78, 5) is 4.78. The Labute approximate surface area is 109 Å². The first-order chi connectivity index (χ1) is 8.79. The number of rotatable bonds is 3. The molecule has 0 aromatic heterocycles. The van der Waals surface area contributed by atoms with Crippen LogP contribution in [0.3, 0.4) is 0 Å². The van der Waals surface area contributed by atoms with Gasteiger partial charge in [-0.3, -0.25) is 0 Å². The van der Waals surface area contributed by atoms with E-state index in [1.54, 1.807) is 0 Å². The van der Waals surface area contributed by atoms with Gasteiger partial charge in [0.25, 0.3) is 0 Å². The van der Waals surface area contributed by atoms with Crippen LogP contribution in [-0.4, -0.2) is 38.1 Å². The highest BCUT2D eigenvalue weighted by molar-refractivity contribution is 5.56. The number of likely N-dealkylation sites (N-methyl/N-ethyl adjacent to an activating group) is 1. The highest BCUT2D eigenvalue weighted by Crippen LogP contribution is 2.17. The largest absolute Gasteiger partial charge is 0.369 e. The van der Waals surface area contributed by atoms with Gasteiger partial charge in [-0.15, -0.1) is 0 Å². The predicted octanol–water partition coefficient (Wildman–Crippen LogP) is 2.37. The minimum Gasteiger partial charge on any atom is -0.369 e. The number of nitriles is 1. The fraction of sp³-hybridized carbons (Fsp3) is 0.400. The van der Waals surface area contributed by atoms with Crippen LogP contribution in [-0.2, 0) is 0 Å².